The lowest BCUT2D eigenvalue weighted by molar-refractivity contribution is -0.119. The Hall–Kier alpha value is -2.14. The van der Waals surface area contributed by atoms with Crippen molar-refractivity contribution in [2.45, 2.75) is 89.9 Å². The van der Waals surface area contributed by atoms with E-state index in [2.05, 4.69) is 37.3 Å². The Morgan fingerprint density at radius 2 is 1.68 bits per heavy atom. The first kappa shape index (κ1) is 23.5. The molecule has 2 saturated carbocycles. The van der Waals surface area contributed by atoms with Crippen LogP contribution in [0.3, 0.4) is 0 Å². The second kappa shape index (κ2) is 12.0. The van der Waals surface area contributed by atoms with Gasteiger partial charge in [-0.25, -0.2) is 0 Å². The Morgan fingerprint density at radius 3 is 2.29 bits per heavy atom. The van der Waals surface area contributed by atoms with Crippen LogP contribution in [-0.4, -0.2) is 6.29 Å². The molecule has 1 aromatic rings. The average molecular weight is 418 g/mol. The Morgan fingerprint density at radius 1 is 1.00 bits per heavy atom. The van der Waals surface area contributed by atoms with Gasteiger partial charge in [0.05, 0.1) is 6.07 Å². The molecule has 1 aromatic carbocycles. The van der Waals surface area contributed by atoms with Crippen LogP contribution in [0.4, 0.5) is 0 Å². The summed E-state index contributed by atoms with van der Waals surface area (Å²) < 4.78 is 0. The zero-order valence-corrected chi connectivity index (χ0v) is 19.3. The molecule has 0 unspecified atom stereocenters. The smallest absolute Gasteiger partial charge is 0.126 e. The zero-order chi connectivity index (χ0) is 21.9. The number of nitrogens with zero attached hydrogens (tertiary/aromatic N) is 1. The molecule has 3 rings (SSSR count). The molecule has 0 amide bonds. The third-order valence-electron chi connectivity index (χ3n) is 7.93. The van der Waals surface area contributed by atoms with Crippen LogP contribution in [0, 0.1) is 28.6 Å². The van der Waals surface area contributed by atoms with Gasteiger partial charge in [0.25, 0.3) is 0 Å². The van der Waals surface area contributed by atoms with Gasteiger partial charge in [-0.2, -0.15) is 5.26 Å². The van der Waals surface area contributed by atoms with Crippen LogP contribution in [0.2, 0.25) is 0 Å². The standard InChI is InChI=1S/C29H39NO/c1-2-8-24-9-11-25(12-10-24)26-13-15-27(16-14-26)28-17-20-29(23-31,21-18-28)19-6-4-3-5-7-22-30/h3-5,7,9-12,23,26-28H,2,6,8,13-21H2,1H3/t26-,27-,28-,29+. The summed E-state index contributed by atoms with van der Waals surface area (Å²) in [5, 5.41) is 8.52. The highest BCUT2D eigenvalue weighted by Crippen LogP contribution is 2.48. The largest absolute Gasteiger partial charge is 0.303 e. The molecule has 2 heteroatoms. The molecule has 0 atom stereocenters. The van der Waals surface area contributed by atoms with Gasteiger partial charge in [0, 0.05) is 11.5 Å². The lowest BCUT2D eigenvalue weighted by Crippen LogP contribution is -2.32. The van der Waals surface area contributed by atoms with Crippen molar-refractivity contribution in [1.82, 2.24) is 0 Å². The second-order valence-corrected chi connectivity index (χ2v) is 9.88. The van der Waals surface area contributed by atoms with Gasteiger partial charge in [0.2, 0.25) is 0 Å². The molecule has 0 N–H and O–H groups in total. The highest BCUT2D eigenvalue weighted by atomic mass is 16.1. The highest BCUT2D eigenvalue weighted by molar-refractivity contribution is 5.59. The zero-order valence-electron chi connectivity index (χ0n) is 19.3. The minimum absolute atomic E-state index is 0.114. The van der Waals surface area contributed by atoms with Crippen LogP contribution in [0.5, 0.6) is 0 Å². The van der Waals surface area contributed by atoms with Crippen LogP contribution in [0.15, 0.2) is 48.6 Å². The van der Waals surface area contributed by atoms with Crippen molar-refractivity contribution in [3.8, 4) is 6.07 Å². The molecule has 166 valence electrons. The van der Waals surface area contributed by atoms with Gasteiger partial charge < -0.3 is 4.79 Å². The fourth-order valence-corrected chi connectivity index (χ4v) is 5.93. The summed E-state index contributed by atoms with van der Waals surface area (Å²) in [6, 6.07) is 11.4. The molecule has 0 saturated heterocycles. The molecule has 2 nitrogen and oxygen atoms in total. The van der Waals surface area contributed by atoms with Crippen molar-refractivity contribution in [3.63, 3.8) is 0 Å². The third-order valence-corrected chi connectivity index (χ3v) is 7.93. The maximum Gasteiger partial charge on any atom is 0.126 e. The number of nitriles is 1. The monoisotopic (exact) mass is 417 g/mol. The minimum Gasteiger partial charge on any atom is -0.303 e. The number of rotatable bonds is 9. The first-order valence-electron chi connectivity index (χ1n) is 12.5. The topological polar surface area (TPSA) is 40.9 Å². The van der Waals surface area contributed by atoms with Gasteiger partial charge in [-0.05, 0) is 99.5 Å². The lowest BCUT2D eigenvalue weighted by Gasteiger charge is -2.41. The molecule has 0 spiro atoms. The lowest BCUT2D eigenvalue weighted by atomic mass is 9.63. The summed E-state index contributed by atoms with van der Waals surface area (Å²) >= 11 is 0. The van der Waals surface area contributed by atoms with Crippen LogP contribution in [-0.2, 0) is 11.2 Å². The Kier molecular flexibility index (Phi) is 9.13. The number of hydrogen-bond donors (Lipinski definition) is 0. The van der Waals surface area contributed by atoms with E-state index in [1.807, 2.05) is 12.1 Å². The molecule has 2 aliphatic rings. The predicted molar refractivity (Wildman–Crippen MR) is 129 cm³/mol. The molecule has 0 radical (unpaired) electrons. The summed E-state index contributed by atoms with van der Waals surface area (Å²) in [5.74, 6) is 2.41. The molecule has 2 fully saturated rings. The number of benzene rings is 1. The van der Waals surface area contributed by atoms with Crippen molar-refractivity contribution >= 4 is 6.29 Å². The molecule has 0 bridgehead atoms. The van der Waals surface area contributed by atoms with E-state index in [0.29, 0.717) is 0 Å². The van der Waals surface area contributed by atoms with Gasteiger partial charge in [-0.3, -0.25) is 0 Å². The van der Waals surface area contributed by atoms with Crippen molar-refractivity contribution < 1.29 is 4.79 Å². The molecule has 31 heavy (non-hydrogen) atoms. The summed E-state index contributed by atoms with van der Waals surface area (Å²) in [4.78, 5) is 11.9. The van der Waals surface area contributed by atoms with E-state index in [9.17, 15) is 4.79 Å². The number of carbonyl (C=O) groups is 1. The van der Waals surface area contributed by atoms with Crippen LogP contribution in [0.1, 0.15) is 94.6 Å². The summed E-state index contributed by atoms with van der Waals surface area (Å²) in [5.41, 5.74) is 2.89. The molecule has 0 aliphatic heterocycles. The highest BCUT2D eigenvalue weighted by Gasteiger charge is 2.38. The number of carbonyl (C=O) groups excluding carboxylic acids is 1. The Balaban J connectivity index is 1.44. The second-order valence-electron chi connectivity index (χ2n) is 9.88. The van der Waals surface area contributed by atoms with Gasteiger partial charge in [0.15, 0.2) is 0 Å². The van der Waals surface area contributed by atoms with Crippen LogP contribution in [0.25, 0.3) is 0 Å². The molecule has 0 heterocycles. The van der Waals surface area contributed by atoms with E-state index in [0.717, 1.165) is 43.4 Å². The van der Waals surface area contributed by atoms with Crippen LogP contribution < -0.4 is 0 Å². The van der Waals surface area contributed by atoms with Crippen molar-refractivity contribution in [2.24, 2.45) is 17.3 Å². The van der Waals surface area contributed by atoms with Crippen LogP contribution >= 0.6 is 0 Å². The van der Waals surface area contributed by atoms with Crippen molar-refractivity contribution in [2.75, 3.05) is 0 Å². The van der Waals surface area contributed by atoms with E-state index < -0.39 is 0 Å². The maximum atomic E-state index is 11.9. The summed E-state index contributed by atoms with van der Waals surface area (Å²) in [6.07, 6.45) is 22.7. The Labute approximate surface area is 189 Å². The first-order valence-corrected chi connectivity index (χ1v) is 12.5. The molecule has 0 aromatic heterocycles. The third kappa shape index (κ3) is 6.67. The Bertz CT molecular complexity index is 766. The molecule has 2 aliphatic carbocycles. The molecular weight excluding hydrogens is 378 g/mol. The fourth-order valence-electron chi connectivity index (χ4n) is 5.93. The van der Waals surface area contributed by atoms with E-state index in [-0.39, 0.29) is 5.41 Å². The van der Waals surface area contributed by atoms with E-state index >= 15 is 0 Å². The number of hydrogen-bond acceptors (Lipinski definition) is 2. The first-order chi connectivity index (χ1) is 15.2. The van der Waals surface area contributed by atoms with Gasteiger partial charge in [-0.15, -0.1) is 0 Å². The van der Waals surface area contributed by atoms with Gasteiger partial charge >= 0.3 is 0 Å². The summed E-state index contributed by atoms with van der Waals surface area (Å²) in [7, 11) is 0. The quantitative estimate of drug-likeness (QED) is 0.234. The van der Waals surface area contributed by atoms with Gasteiger partial charge in [0.1, 0.15) is 6.29 Å². The number of aryl methyl sites for hydroxylation is 1. The normalized spacial score (nSPS) is 29.2. The fraction of sp³-hybridized carbons (Fsp3) is 0.586. The predicted octanol–water partition coefficient (Wildman–Crippen LogP) is 7.70. The summed E-state index contributed by atoms with van der Waals surface area (Å²) in [6.45, 7) is 2.24. The maximum absolute atomic E-state index is 11.9. The number of allylic oxidation sites excluding steroid dienone is 4. The van der Waals surface area contributed by atoms with Crippen molar-refractivity contribution in [3.05, 3.63) is 59.7 Å². The number of aldehydes is 1. The van der Waals surface area contributed by atoms with E-state index in [1.165, 1.54) is 69.3 Å². The minimum atomic E-state index is -0.114. The average Bonchev–Trinajstić information content (AvgIpc) is 2.83. The van der Waals surface area contributed by atoms with E-state index in [4.69, 9.17) is 5.26 Å². The SMILES string of the molecule is CCCc1ccc([C@H]2CC[C@H]([C@H]3CC[C@](C=O)(CCC=CC=CC#N)CC3)CC2)cc1. The van der Waals surface area contributed by atoms with E-state index in [1.54, 1.807) is 11.6 Å². The van der Waals surface area contributed by atoms with Crippen molar-refractivity contribution in [1.29, 1.82) is 5.26 Å². The molecular formula is C29H39NO. The van der Waals surface area contributed by atoms with Gasteiger partial charge in [-0.1, -0.05) is 55.8 Å².